The van der Waals surface area contributed by atoms with Crippen LogP contribution in [0.1, 0.15) is 18.4 Å². The average molecular weight is 378 g/mol. The third-order valence-electron chi connectivity index (χ3n) is 5.07. The summed E-state index contributed by atoms with van der Waals surface area (Å²) >= 11 is 0. The molecular formula is C22H22N2O4. The Labute approximate surface area is 163 Å². The molecule has 0 aromatic heterocycles. The van der Waals surface area contributed by atoms with Gasteiger partial charge in [-0.3, -0.25) is 9.59 Å². The Bertz CT molecular complexity index is 924. The molecule has 28 heavy (non-hydrogen) atoms. The van der Waals surface area contributed by atoms with Crippen molar-refractivity contribution in [2.45, 2.75) is 19.3 Å². The van der Waals surface area contributed by atoms with Crippen molar-refractivity contribution in [2.75, 3.05) is 30.4 Å². The fourth-order valence-corrected chi connectivity index (χ4v) is 3.54. The molecule has 6 heteroatoms. The number of amides is 1. The molecule has 1 N–H and O–H groups in total. The zero-order valence-electron chi connectivity index (χ0n) is 15.7. The van der Waals surface area contributed by atoms with Gasteiger partial charge in [-0.15, -0.1) is 0 Å². The van der Waals surface area contributed by atoms with Gasteiger partial charge in [0.05, 0.1) is 13.5 Å². The quantitative estimate of drug-likeness (QED) is 0.502. The van der Waals surface area contributed by atoms with Gasteiger partial charge in [-0.2, -0.15) is 0 Å². The number of carbonyl (C=O) groups is 2. The van der Waals surface area contributed by atoms with Crippen molar-refractivity contribution in [2.24, 2.45) is 0 Å². The van der Waals surface area contributed by atoms with E-state index in [1.54, 1.807) is 25.3 Å². The summed E-state index contributed by atoms with van der Waals surface area (Å²) in [6, 6.07) is 13.3. The van der Waals surface area contributed by atoms with E-state index in [9.17, 15) is 9.59 Å². The Morgan fingerprint density at radius 2 is 1.89 bits per heavy atom. The van der Waals surface area contributed by atoms with Crippen molar-refractivity contribution in [1.82, 2.24) is 0 Å². The molecule has 1 fully saturated rings. The highest BCUT2D eigenvalue weighted by molar-refractivity contribution is 6.00. The van der Waals surface area contributed by atoms with Gasteiger partial charge in [0.15, 0.2) is 0 Å². The molecule has 0 aliphatic carbocycles. The maximum Gasteiger partial charge on any atom is 0.315 e. The van der Waals surface area contributed by atoms with E-state index in [2.05, 4.69) is 22.3 Å². The minimum Gasteiger partial charge on any atom is -0.497 e. The van der Waals surface area contributed by atoms with Gasteiger partial charge in [0.25, 0.3) is 0 Å². The van der Waals surface area contributed by atoms with Crippen LogP contribution in [0.4, 0.5) is 11.4 Å². The molecule has 2 heterocycles. The maximum atomic E-state index is 12.3. The second kappa shape index (κ2) is 7.76. The van der Waals surface area contributed by atoms with Gasteiger partial charge < -0.3 is 19.7 Å². The van der Waals surface area contributed by atoms with Crippen molar-refractivity contribution in [3.8, 4) is 11.5 Å². The topological polar surface area (TPSA) is 67.9 Å². The second-order valence-electron chi connectivity index (χ2n) is 6.95. The summed E-state index contributed by atoms with van der Waals surface area (Å²) in [5.41, 5.74) is 3.78. The van der Waals surface area contributed by atoms with Gasteiger partial charge in [0.1, 0.15) is 11.5 Å². The van der Waals surface area contributed by atoms with Crippen LogP contribution in [0.2, 0.25) is 0 Å². The summed E-state index contributed by atoms with van der Waals surface area (Å²) in [4.78, 5) is 26.0. The highest BCUT2D eigenvalue weighted by Gasteiger charge is 2.20. The number of fused-ring (bicyclic) bond motifs is 1. The van der Waals surface area contributed by atoms with Crippen molar-refractivity contribution < 1.29 is 19.1 Å². The van der Waals surface area contributed by atoms with Crippen LogP contribution < -0.4 is 19.7 Å². The molecule has 0 unspecified atom stereocenters. The number of hydrogen-bond acceptors (Lipinski definition) is 5. The molecule has 0 saturated carbocycles. The molecule has 2 aliphatic heterocycles. The monoisotopic (exact) mass is 378 g/mol. The Morgan fingerprint density at radius 1 is 1.14 bits per heavy atom. The van der Waals surface area contributed by atoms with Gasteiger partial charge in [-0.1, -0.05) is 11.6 Å². The average Bonchev–Trinajstić information content (AvgIpc) is 3.08. The lowest BCUT2D eigenvalue weighted by Crippen LogP contribution is -2.30. The summed E-state index contributed by atoms with van der Waals surface area (Å²) in [6.45, 7) is 1.75. The number of methoxy groups -OCH3 is 1. The predicted molar refractivity (Wildman–Crippen MR) is 107 cm³/mol. The molecular weight excluding hydrogens is 356 g/mol. The highest BCUT2D eigenvalue weighted by atomic mass is 16.5. The summed E-state index contributed by atoms with van der Waals surface area (Å²) in [7, 11) is 1.66. The molecule has 6 nitrogen and oxygen atoms in total. The van der Waals surface area contributed by atoms with Crippen LogP contribution in [0.25, 0.3) is 0 Å². The fraction of sp³-hybridized carbons (Fsp3) is 0.273. The normalized spacial score (nSPS) is 15.7. The molecule has 2 aromatic rings. The van der Waals surface area contributed by atoms with E-state index < -0.39 is 0 Å². The SMILES string of the molecule is COc1ccc(N2CCC(=CC(=O)Nc3ccc4c(c3)OC(=O)C4)CC2)cc1. The number of hydrogen-bond donors (Lipinski definition) is 1. The molecule has 0 atom stereocenters. The molecule has 1 amide bonds. The molecule has 2 aromatic carbocycles. The number of benzene rings is 2. The fourth-order valence-electron chi connectivity index (χ4n) is 3.54. The van der Waals surface area contributed by atoms with Crippen LogP contribution in [0.3, 0.4) is 0 Å². The van der Waals surface area contributed by atoms with Gasteiger partial charge in [-0.05, 0) is 43.2 Å². The Balaban J connectivity index is 1.33. The van der Waals surface area contributed by atoms with Gasteiger partial charge in [-0.25, -0.2) is 0 Å². The van der Waals surface area contributed by atoms with Crippen molar-refractivity contribution in [1.29, 1.82) is 0 Å². The molecule has 2 aliphatic rings. The van der Waals surface area contributed by atoms with Gasteiger partial charge >= 0.3 is 5.97 Å². The predicted octanol–water partition coefficient (Wildman–Crippen LogP) is 3.32. The van der Waals surface area contributed by atoms with E-state index in [-0.39, 0.29) is 18.3 Å². The second-order valence-corrected chi connectivity index (χ2v) is 6.95. The number of nitrogens with zero attached hydrogens (tertiary/aromatic N) is 1. The number of piperidine rings is 1. The van der Waals surface area contributed by atoms with Crippen molar-refractivity contribution in [3.63, 3.8) is 0 Å². The first-order chi connectivity index (χ1) is 13.6. The van der Waals surface area contributed by atoms with Gasteiger partial charge in [0, 0.05) is 42.2 Å². The first-order valence-corrected chi connectivity index (χ1v) is 9.34. The summed E-state index contributed by atoms with van der Waals surface area (Å²) in [5.74, 6) is 0.962. The number of rotatable bonds is 4. The van der Waals surface area contributed by atoms with Crippen LogP contribution in [-0.4, -0.2) is 32.1 Å². The third kappa shape index (κ3) is 4.01. The summed E-state index contributed by atoms with van der Waals surface area (Å²) in [5, 5.41) is 2.86. The molecule has 1 saturated heterocycles. The van der Waals surface area contributed by atoms with Crippen LogP contribution >= 0.6 is 0 Å². The van der Waals surface area contributed by atoms with Gasteiger partial charge in [0.2, 0.25) is 5.91 Å². The van der Waals surface area contributed by atoms with Crippen LogP contribution in [0.5, 0.6) is 11.5 Å². The highest BCUT2D eigenvalue weighted by Crippen LogP contribution is 2.29. The summed E-state index contributed by atoms with van der Waals surface area (Å²) in [6.07, 6.45) is 3.67. The zero-order chi connectivity index (χ0) is 19.5. The first-order valence-electron chi connectivity index (χ1n) is 9.34. The van der Waals surface area contributed by atoms with E-state index in [1.807, 2.05) is 18.2 Å². The zero-order valence-corrected chi connectivity index (χ0v) is 15.7. The summed E-state index contributed by atoms with van der Waals surface area (Å²) < 4.78 is 10.3. The Kier molecular flexibility index (Phi) is 5.02. The standard InChI is InChI=1S/C22H22N2O4/c1-27-19-6-4-18(5-7-19)24-10-8-15(9-11-24)12-21(25)23-17-3-2-16-13-22(26)28-20(16)14-17/h2-7,12,14H,8-11,13H2,1H3,(H,23,25). The lowest BCUT2D eigenvalue weighted by Gasteiger charge is -2.30. The number of esters is 1. The number of carbonyl (C=O) groups excluding carboxylic acids is 2. The third-order valence-corrected chi connectivity index (χ3v) is 5.07. The van der Waals surface area contributed by atoms with Crippen LogP contribution in [0, 0.1) is 0 Å². The lowest BCUT2D eigenvalue weighted by atomic mass is 10.0. The van der Waals surface area contributed by atoms with E-state index >= 15 is 0 Å². The molecule has 144 valence electrons. The molecule has 0 spiro atoms. The maximum absolute atomic E-state index is 12.3. The van der Waals surface area contributed by atoms with Crippen molar-refractivity contribution >= 4 is 23.3 Å². The Hall–Kier alpha value is -3.28. The molecule has 4 rings (SSSR count). The molecule has 0 bridgehead atoms. The largest absolute Gasteiger partial charge is 0.497 e. The van der Waals surface area contributed by atoms with Crippen molar-refractivity contribution in [3.05, 3.63) is 59.7 Å². The minimum atomic E-state index is -0.260. The number of nitrogens with one attached hydrogen (secondary N) is 1. The minimum absolute atomic E-state index is 0.155. The smallest absolute Gasteiger partial charge is 0.315 e. The van der Waals surface area contributed by atoms with E-state index in [4.69, 9.17) is 9.47 Å². The van der Waals surface area contributed by atoms with Crippen LogP contribution in [-0.2, 0) is 16.0 Å². The lowest BCUT2D eigenvalue weighted by molar-refractivity contribution is -0.131. The number of ether oxygens (including phenoxy) is 2. The van der Waals surface area contributed by atoms with Crippen LogP contribution in [0.15, 0.2) is 54.1 Å². The van der Waals surface area contributed by atoms with E-state index in [0.717, 1.165) is 48.5 Å². The van der Waals surface area contributed by atoms with E-state index in [0.29, 0.717) is 11.4 Å². The van der Waals surface area contributed by atoms with E-state index in [1.165, 1.54) is 0 Å². The Morgan fingerprint density at radius 3 is 2.61 bits per heavy atom. The first kappa shape index (κ1) is 18.1. The molecule has 0 radical (unpaired) electrons. The number of anilines is 2.